The van der Waals surface area contributed by atoms with Crippen molar-refractivity contribution in [2.24, 2.45) is 0 Å². The van der Waals surface area contributed by atoms with E-state index in [1.165, 1.54) is 0 Å². The highest BCUT2D eigenvalue weighted by atomic mass is 32.2. The second-order valence-corrected chi connectivity index (χ2v) is 7.54. The van der Waals surface area contributed by atoms with Crippen molar-refractivity contribution >= 4 is 10.0 Å². The standard InChI is InChI=1S/C16H21N3O3S/c1-4-19-11(3)16(10(2)17-19)23(21,22)18-15-13-8-6-5-7-12(13)9-14(15)20/h5-8,14-15,18,20H,4,9H2,1-3H3/t14-,15-/m1/s1. The third-order valence-electron chi connectivity index (χ3n) is 4.37. The molecule has 0 unspecified atom stereocenters. The summed E-state index contributed by atoms with van der Waals surface area (Å²) >= 11 is 0. The van der Waals surface area contributed by atoms with Crippen molar-refractivity contribution in [2.75, 3.05) is 0 Å². The molecule has 0 amide bonds. The van der Waals surface area contributed by atoms with Gasteiger partial charge in [-0.15, -0.1) is 0 Å². The van der Waals surface area contributed by atoms with Gasteiger partial charge in [-0.3, -0.25) is 4.68 Å². The number of hydrogen-bond acceptors (Lipinski definition) is 4. The van der Waals surface area contributed by atoms with Gasteiger partial charge in [-0.1, -0.05) is 24.3 Å². The lowest BCUT2D eigenvalue weighted by Crippen LogP contribution is -2.34. The minimum atomic E-state index is -3.76. The van der Waals surface area contributed by atoms with Crippen LogP contribution in [0.5, 0.6) is 0 Å². The van der Waals surface area contributed by atoms with Gasteiger partial charge in [0, 0.05) is 13.0 Å². The van der Waals surface area contributed by atoms with Crippen molar-refractivity contribution in [3.63, 3.8) is 0 Å². The first-order valence-corrected chi connectivity index (χ1v) is 9.15. The Morgan fingerprint density at radius 3 is 2.70 bits per heavy atom. The zero-order chi connectivity index (χ0) is 16.8. The van der Waals surface area contributed by atoms with Crippen LogP contribution in [0.15, 0.2) is 29.2 Å². The molecule has 7 heteroatoms. The maximum Gasteiger partial charge on any atom is 0.244 e. The Labute approximate surface area is 136 Å². The Bertz CT molecular complexity index is 842. The normalized spacial score (nSPS) is 20.7. The molecule has 0 fully saturated rings. The van der Waals surface area contributed by atoms with Crippen LogP contribution in [0, 0.1) is 13.8 Å². The van der Waals surface area contributed by atoms with E-state index in [1.54, 1.807) is 18.5 Å². The van der Waals surface area contributed by atoms with Gasteiger partial charge in [0.25, 0.3) is 0 Å². The van der Waals surface area contributed by atoms with Gasteiger partial charge in [0.05, 0.1) is 23.5 Å². The van der Waals surface area contributed by atoms with Gasteiger partial charge < -0.3 is 5.11 Å². The summed E-state index contributed by atoms with van der Waals surface area (Å²) < 4.78 is 30.0. The Morgan fingerprint density at radius 1 is 1.35 bits per heavy atom. The molecule has 0 spiro atoms. The summed E-state index contributed by atoms with van der Waals surface area (Å²) in [4.78, 5) is 0.205. The van der Waals surface area contributed by atoms with Gasteiger partial charge in [-0.05, 0) is 31.9 Å². The zero-order valence-corrected chi connectivity index (χ0v) is 14.3. The number of benzene rings is 1. The van der Waals surface area contributed by atoms with Gasteiger partial charge in [0.1, 0.15) is 4.90 Å². The van der Waals surface area contributed by atoms with E-state index in [4.69, 9.17) is 0 Å². The lowest BCUT2D eigenvalue weighted by Gasteiger charge is -2.18. The molecule has 23 heavy (non-hydrogen) atoms. The zero-order valence-electron chi connectivity index (χ0n) is 13.4. The molecule has 6 nitrogen and oxygen atoms in total. The third-order valence-corrected chi connectivity index (χ3v) is 6.06. The average Bonchev–Trinajstić information content (AvgIpc) is 2.96. The fraction of sp³-hybridized carbons (Fsp3) is 0.438. The van der Waals surface area contributed by atoms with Crippen LogP contribution in [0.3, 0.4) is 0 Å². The van der Waals surface area contributed by atoms with Crippen LogP contribution in [0.2, 0.25) is 0 Å². The summed E-state index contributed by atoms with van der Waals surface area (Å²) in [5.74, 6) is 0. The Morgan fingerprint density at radius 2 is 2.04 bits per heavy atom. The summed E-state index contributed by atoms with van der Waals surface area (Å²) in [7, 11) is -3.76. The summed E-state index contributed by atoms with van der Waals surface area (Å²) in [5.41, 5.74) is 2.89. The third kappa shape index (κ3) is 2.69. The van der Waals surface area contributed by atoms with Crippen LogP contribution >= 0.6 is 0 Å². The molecule has 1 aliphatic carbocycles. The van der Waals surface area contributed by atoms with Gasteiger partial charge in [0.2, 0.25) is 10.0 Å². The van der Waals surface area contributed by atoms with Crippen molar-refractivity contribution in [2.45, 2.75) is 50.8 Å². The highest BCUT2D eigenvalue weighted by Crippen LogP contribution is 2.33. The fourth-order valence-electron chi connectivity index (χ4n) is 3.32. The summed E-state index contributed by atoms with van der Waals surface area (Å²) in [5, 5.41) is 14.5. The topological polar surface area (TPSA) is 84.2 Å². The molecule has 2 atom stereocenters. The predicted octanol–water partition coefficient (Wildman–Crippen LogP) is 1.46. The number of rotatable bonds is 4. The quantitative estimate of drug-likeness (QED) is 0.886. The van der Waals surface area contributed by atoms with E-state index < -0.39 is 22.2 Å². The second-order valence-electron chi connectivity index (χ2n) is 5.88. The Balaban J connectivity index is 1.98. The van der Waals surface area contributed by atoms with E-state index in [0.717, 1.165) is 11.1 Å². The van der Waals surface area contributed by atoms with Crippen LogP contribution in [0.4, 0.5) is 0 Å². The van der Waals surface area contributed by atoms with Gasteiger partial charge in [-0.2, -0.15) is 5.10 Å². The van der Waals surface area contributed by atoms with Crippen LogP contribution in [-0.2, 0) is 23.0 Å². The van der Waals surface area contributed by atoms with Crippen molar-refractivity contribution in [1.82, 2.24) is 14.5 Å². The van der Waals surface area contributed by atoms with E-state index in [1.807, 2.05) is 31.2 Å². The van der Waals surface area contributed by atoms with Gasteiger partial charge in [-0.25, -0.2) is 13.1 Å². The number of sulfonamides is 1. The van der Waals surface area contributed by atoms with Gasteiger partial charge >= 0.3 is 0 Å². The molecule has 1 aromatic carbocycles. The molecule has 0 saturated heterocycles. The molecule has 3 rings (SSSR count). The predicted molar refractivity (Wildman–Crippen MR) is 86.6 cm³/mol. The first kappa shape index (κ1) is 16.2. The molecule has 0 radical (unpaired) electrons. The molecule has 1 aliphatic rings. The average molecular weight is 335 g/mol. The smallest absolute Gasteiger partial charge is 0.244 e. The van der Waals surface area contributed by atoms with Crippen molar-refractivity contribution in [3.05, 3.63) is 46.8 Å². The Kier molecular flexibility index (Phi) is 4.03. The summed E-state index contributed by atoms with van der Waals surface area (Å²) in [6.45, 7) is 5.96. The minimum absolute atomic E-state index is 0.205. The molecule has 2 aromatic rings. The van der Waals surface area contributed by atoms with Crippen LogP contribution in [0.1, 0.15) is 35.5 Å². The number of aromatic nitrogens is 2. The highest BCUT2D eigenvalue weighted by Gasteiger charge is 2.36. The van der Waals surface area contributed by atoms with E-state index in [0.29, 0.717) is 24.4 Å². The molecular weight excluding hydrogens is 314 g/mol. The summed E-state index contributed by atoms with van der Waals surface area (Å²) in [6.07, 6.45) is -0.306. The van der Waals surface area contributed by atoms with Crippen molar-refractivity contribution in [3.8, 4) is 0 Å². The van der Waals surface area contributed by atoms with E-state index in [9.17, 15) is 13.5 Å². The molecule has 1 aromatic heterocycles. The fourth-order valence-corrected chi connectivity index (χ4v) is 4.98. The first-order chi connectivity index (χ1) is 10.8. The van der Waals surface area contributed by atoms with Gasteiger partial charge in [0.15, 0.2) is 0 Å². The molecule has 2 N–H and O–H groups in total. The molecule has 124 valence electrons. The number of aliphatic hydroxyl groups excluding tert-OH is 1. The maximum atomic E-state index is 12.8. The number of aryl methyl sites for hydroxylation is 2. The van der Waals surface area contributed by atoms with E-state index in [-0.39, 0.29) is 4.90 Å². The highest BCUT2D eigenvalue weighted by molar-refractivity contribution is 7.89. The van der Waals surface area contributed by atoms with Crippen molar-refractivity contribution in [1.29, 1.82) is 0 Å². The Hall–Kier alpha value is -1.70. The number of fused-ring (bicyclic) bond motifs is 1. The maximum absolute atomic E-state index is 12.8. The molecule has 1 heterocycles. The molecule has 0 saturated carbocycles. The van der Waals surface area contributed by atoms with Crippen LogP contribution in [-0.4, -0.2) is 29.4 Å². The number of nitrogens with one attached hydrogen (secondary N) is 1. The number of hydrogen-bond donors (Lipinski definition) is 2. The van der Waals surface area contributed by atoms with E-state index >= 15 is 0 Å². The number of nitrogens with zero attached hydrogens (tertiary/aromatic N) is 2. The van der Waals surface area contributed by atoms with E-state index in [2.05, 4.69) is 9.82 Å². The number of aliphatic hydroxyl groups is 1. The SMILES string of the molecule is CCn1nc(C)c(S(=O)(=O)N[C@@H]2c3ccccc3C[C@H]2O)c1C. The van der Waals surface area contributed by atoms with Crippen LogP contribution in [0.25, 0.3) is 0 Å². The minimum Gasteiger partial charge on any atom is -0.391 e. The molecular formula is C16H21N3O3S. The molecule has 0 aliphatic heterocycles. The lowest BCUT2D eigenvalue weighted by molar-refractivity contribution is 0.151. The monoisotopic (exact) mass is 335 g/mol. The largest absolute Gasteiger partial charge is 0.391 e. The molecule has 0 bridgehead atoms. The first-order valence-electron chi connectivity index (χ1n) is 7.67. The van der Waals surface area contributed by atoms with Crippen LogP contribution < -0.4 is 4.72 Å². The lowest BCUT2D eigenvalue weighted by atomic mass is 10.1. The van der Waals surface area contributed by atoms with Crippen molar-refractivity contribution < 1.29 is 13.5 Å². The second kappa shape index (κ2) is 5.74. The summed E-state index contributed by atoms with van der Waals surface area (Å²) in [6, 6.07) is 6.89.